The second-order valence-corrected chi connectivity index (χ2v) is 8.24. The van der Waals surface area contributed by atoms with E-state index >= 15 is 0 Å². The average molecular weight is 500 g/mol. The van der Waals surface area contributed by atoms with E-state index in [4.69, 9.17) is 11.6 Å². The first-order valence-electron chi connectivity index (χ1n) is 10.6. The minimum absolute atomic E-state index is 0. The summed E-state index contributed by atoms with van der Waals surface area (Å²) in [5.74, 6) is 0. The van der Waals surface area contributed by atoms with Crippen LogP contribution in [0.5, 0.6) is 0 Å². The number of rotatable bonds is 7. The first kappa shape index (κ1) is 26.3. The lowest BCUT2D eigenvalue weighted by molar-refractivity contribution is 0.251. The molecule has 174 valence electrons. The van der Waals surface area contributed by atoms with Gasteiger partial charge in [-0.2, -0.15) is 0 Å². The van der Waals surface area contributed by atoms with E-state index in [0.29, 0.717) is 22.5 Å². The molecule has 32 heavy (non-hydrogen) atoms. The maximum absolute atomic E-state index is 12.6. The van der Waals surface area contributed by atoms with E-state index in [9.17, 15) is 9.59 Å². The highest BCUT2D eigenvalue weighted by Gasteiger charge is 2.16. The number of benzene rings is 2. The van der Waals surface area contributed by atoms with Crippen LogP contribution in [0.4, 0.5) is 5.69 Å². The fourth-order valence-electron chi connectivity index (χ4n) is 4.08. The summed E-state index contributed by atoms with van der Waals surface area (Å²) in [6.45, 7) is 5.72. The Morgan fingerprint density at radius 1 is 0.844 bits per heavy atom. The van der Waals surface area contributed by atoms with E-state index in [2.05, 4.69) is 45.1 Å². The molecule has 1 N–H and O–H groups in total. The quantitative estimate of drug-likeness (QED) is 0.496. The lowest BCUT2D eigenvalue weighted by Gasteiger charge is -2.36. The molecule has 2 heterocycles. The van der Waals surface area contributed by atoms with Gasteiger partial charge >= 0.3 is 5.69 Å². The fraction of sp³-hybridized carbons (Fsp3) is 0.391. The SMILES string of the molecule is Cl.Cl.O=c1[nH]c2ccc(Cl)cc2c(=O)n1CCCCCN1CCN(c2ccccc2)CC1. The zero-order chi connectivity index (χ0) is 20.9. The van der Waals surface area contributed by atoms with Gasteiger partial charge in [-0.3, -0.25) is 14.3 Å². The molecule has 2 aromatic carbocycles. The van der Waals surface area contributed by atoms with Gasteiger partial charge in [0.25, 0.3) is 5.56 Å². The maximum atomic E-state index is 12.6. The second kappa shape index (κ2) is 12.3. The molecule has 1 aromatic heterocycles. The summed E-state index contributed by atoms with van der Waals surface area (Å²) in [6, 6.07) is 15.5. The molecule has 1 fully saturated rings. The lowest BCUT2D eigenvalue weighted by Crippen LogP contribution is -2.46. The van der Waals surface area contributed by atoms with E-state index in [1.807, 2.05) is 0 Å². The van der Waals surface area contributed by atoms with Gasteiger partial charge in [-0.25, -0.2) is 4.79 Å². The number of halogens is 3. The Morgan fingerprint density at radius 3 is 2.25 bits per heavy atom. The summed E-state index contributed by atoms with van der Waals surface area (Å²) in [5, 5.41) is 0.948. The molecule has 3 aromatic rings. The van der Waals surface area contributed by atoms with E-state index in [0.717, 1.165) is 52.0 Å². The summed E-state index contributed by atoms with van der Waals surface area (Å²) in [6.07, 6.45) is 2.86. The number of nitrogens with zero attached hydrogens (tertiary/aromatic N) is 3. The molecule has 6 nitrogen and oxygen atoms in total. The summed E-state index contributed by atoms with van der Waals surface area (Å²) in [4.78, 5) is 32.6. The van der Waals surface area contributed by atoms with Crippen molar-refractivity contribution in [1.82, 2.24) is 14.5 Å². The number of para-hydroxylation sites is 1. The number of hydrogen-bond acceptors (Lipinski definition) is 4. The number of H-pyrrole nitrogens is 1. The predicted octanol–water partition coefficient (Wildman–Crippen LogP) is 4.18. The van der Waals surface area contributed by atoms with Crippen molar-refractivity contribution in [2.24, 2.45) is 0 Å². The van der Waals surface area contributed by atoms with Gasteiger partial charge in [-0.15, -0.1) is 24.8 Å². The van der Waals surface area contributed by atoms with Crippen LogP contribution >= 0.6 is 36.4 Å². The summed E-state index contributed by atoms with van der Waals surface area (Å²) >= 11 is 6.00. The van der Waals surface area contributed by atoms with Crippen LogP contribution in [-0.4, -0.2) is 47.2 Å². The van der Waals surface area contributed by atoms with Gasteiger partial charge < -0.3 is 9.88 Å². The molecule has 0 spiro atoms. The molecule has 0 bridgehead atoms. The molecule has 1 saturated heterocycles. The van der Waals surface area contributed by atoms with Crippen LogP contribution in [0.1, 0.15) is 19.3 Å². The van der Waals surface area contributed by atoms with Gasteiger partial charge in [0.2, 0.25) is 0 Å². The number of piperazine rings is 1. The zero-order valence-corrected chi connectivity index (χ0v) is 20.2. The Kier molecular flexibility index (Phi) is 10.1. The van der Waals surface area contributed by atoms with Crippen molar-refractivity contribution in [3.05, 3.63) is 74.4 Å². The number of fused-ring (bicyclic) bond motifs is 1. The average Bonchev–Trinajstić information content (AvgIpc) is 2.77. The molecular weight excluding hydrogens is 471 g/mol. The van der Waals surface area contributed by atoms with E-state index in [1.165, 1.54) is 10.3 Å². The Balaban J connectivity index is 0.00000181. The molecule has 0 radical (unpaired) electrons. The molecular formula is C23H29Cl3N4O2. The maximum Gasteiger partial charge on any atom is 0.328 e. The van der Waals surface area contributed by atoms with Crippen LogP contribution in [-0.2, 0) is 6.54 Å². The van der Waals surface area contributed by atoms with E-state index in [-0.39, 0.29) is 36.1 Å². The van der Waals surface area contributed by atoms with Crippen LogP contribution in [0, 0.1) is 0 Å². The highest BCUT2D eigenvalue weighted by atomic mass is 35.5. The predicted molar refractivity (Wildman–Crippen MR) is 137 cm³/mol. The van der Waals surface area contributed by atoms with Crippen LogP contribution in [0.3, 0.4) is 0 Å². The van der Waals surface area contributed by atoms with Gasteiger partial charge in [0.05, 0.1) is 10.9 Å². The van der Waals surface area contributed by atoms with Crippen molar-refractivity contribution in [2.45, 2.75) is 25.8 Å². The first-order chi connectivity index (χ1) is 14.6. The molecule has 0 atom stereocenters. The minimum Gasteiger partial charge on any atom is -0.369 e. The third kappa shape index (κ3) is 6.29. The molecule has 0 aliphatic carbocycles. The second-order valence-electron chi connectivity index (χ2n) is 7.80. The Bertz CT molecular complexity index is 1110. The van der Waals surface area contributed by atoms with Gasteiger partial charge in [-0.1, -0.05) is 36.2 Å². The summed E-state index contributed by atoms with van der Waals surface area (Å²) < 4.78 is 1.29. The number of nitrogens with one attached hydrogen (secondary N) is 1. The van der Waals surface area contributed by atoms with Crippen molar-refractivity contribution < 1.29 is 0 Å². The normalized spacial score (nSPS) is 14.1. The molecule has 0 unspecified atom stereocenters. The summed E-state index contributed by atoms with van der Waals surface area (Å²) in [7, 11) is 0. The van der Waals surface area contributed by atoms with Crippen molar-refractivity contribution in [3.63, 3.8) is 0 Å². The first-order valence-corrected chi connectivity index (χ1v) is 10.9. The number of aromatic amines is 1. The van der Waals surface area contributed by atoms with Gasteiger partial charge in [-0.05, 0) is 49.7 Å². The van der Waals surface area contributed by atoms with Crippen molar-refractivity contribution in [1.29, 1.82) is 0 Å². The standard InChI is InChI=1S/C23H27ClN4O2.2ClH/c24-18-9-10-21-20(17-18)22(29)28(23(30)25-21)12-6-2-5-11-26-13-15-27(16-14-26)19-7-3-1-4-8-19;;/h1,3-4,7-10,17H,2,5-6,11-16H2,(H,25,30);2*1H. The Morgan fingerprint density at radius 2 is 1.53 bits per heavy atom. The Labute approximate surface area is 205 Å². The molecule has 1 aliphatic rings. The lowest BCUT2D eigenvalue weighted by atomic mass is 10.2. The highest BCUT2D eigenvalue weighted by Crippen LogP contribution is 2.16. The highest BCUT2D eigenvalue weighted by molar-refractivity contribution is 6.31. The molecule has 4 rings (SSSR count). The van der Waals surface area contributed by atoms with Crippen LogP contribution in [0.15, 0.2) is 58.1 Å². The van der Waals surface area contributed by atoms with Crippen LogP contribution < -0.4 is 16.1 Å². The van der Waals surface area contributed by atoms with Gasteiger partial charge in [0.1, 0.15) is 0 Å². The fourth-order valence-corrected chi connectivity index (χ4v) is 4.25. The van der Waals surface area contributed by atoms with Crippen LogP contribution in [0.2, 0.25) is 5.02 Å². The van der Waals surface area contributed by atoms with Crippen molar-refractivity contribution >= 4 is 53.0 Å². The van der Waals surface area contributed by atoms with Gasteiger partial charge in [0, 0.05) is 43.4 Å². The van der Waals surface area contributed by atoms with Crippen molar-refractivity contribution in [2.75, 3.05) is 37.6 Å². The molecule has 1 aliphatic heterocycles. The number of unbranched alkanes of at least 4 members (excludes halogenated alkanes) is 2. The molecule has 0 saturated carbocycles. The molecule has 0 amide bonds. The number of anilines is 1. The van der Waals surface area contributed by atoms with Crippen molar-refractivity contribution in [3.8, 4) is 0 Å². The van der Waals surface area contributed by atoms with Gasteiger partial charge in [0.15, 0.2) is 0 Å². The minimum atomic E-state index is -0.355. The largest absolute Gasteiger partial charge is 0.369 e. The van der Waals surface area contributed by atoms with Crippen LogP contribution in [0.25, 0.3) is 10.9 Å². The summed E-state index contributed by atoms with van der Waals surface area (Å²) in [5.41, 5.74) is 1.20. The zero-order valence-electron chi connectivity index (χ0n) is 17.8. The third-order valence-corrected chi connectivity index (χ3v) is 6.03. The monoisotopic (exact) mass is 498 g/mol. The third-order valence-electron chi connectivity index (χ3n) is 5.79. The number of hydrogen-bond donors (Lipinski definition) is 1. The Hall–Kier alpha value is -1.99. The number of aromatic nitrogens is 2. The van der Waals surface area contributed by atoms with E-state index < -0.39 is 0 Å². The topological polar surface area (TPSA) is 61.3 Å². The van der Waals surface area contributed by atoms with E-state index in [1.54, 1.807) is 18.2 Å². The molecule has 9 heteroatoms. The smallest absolute Gasteiger partial charge is 0.328 e.